The Morgan fingerprint density at radius 3 is 2.65 bits per heavy atom. The number of aliphatic imine (C=N–C) groups is 1. The highest BCUT2D eigenvalue weighted by Crippen LogP contribution is 2.19. The second kappa shape index (κ2) is 10.3. The van der Waals surface area contributed by atoms with Crippen LogP contribution in [0.2, 0.25) is 0 Å². The van der Waals surface area contributed by atoms with Gasteiger partial charge in [-0.05, 0) is 43.9 Å². The Hall–Kier alpha value is -1.96. The smallest absolute Gasteiger partial charge is 0.422 e. The Morgan fingerprint density at radius 2 is 2.04 bits per heavy atom. The van der Waals surface area contributed by atoms with Crippen LogP contribution >= 0.6 is 0 Å². The Labute approximate surface area is 152 Å². The van der Waals surface area contributed by atoms with Crippen molar-refractivity contribution >= 4 is 5.96 Å². The SMILES string of the molecule is CCNC(=NCc1ccc(OCC(F)(F)F)cc1)NCCC1CCCO1. The molecule has 0 saturated carbocycles. The fourth-order valence-electron chi connectivity index (χ4n) is 2.59. The average molecular weight is 373 g/mol. The third kappa shape index (κ3) is 7.95. The van der Waals surface area contributed by atoms with E-state index in [4.69, 9.17) is 9.47 Å². The van der Waals surface area contributed by atoms with E-state index in [2.05, 4.69) is 15.6 Å². The van der Waals surface area contributed by atoms with Gasteiger partial charge < -0.3 is 20.1 Å². The van der Waals surface area contributed by atoms with E-state index in [0.29, 0.717) is 18.6 Å². The van der Waals surface area contributed by atoms with Crippen molar-refractivity contribution in [2.75, 3.05) is 26.3 Å². The van der Waals surface area contributed by atoms with Gasteiger partial charge >= 0.3 is 6.18 Å². The van der Waals surface area contributed by atoms with Crippen molar-refractivity contribution in [1.29, 1.82) is 0 Å². The predicted octanol–water partition coefficient (Wildman–Crippen LogP) is 3.25. The van der Waals surface area contributed by atoms with Crippen LogP contribution in [0.1, 0.15) is 31.7 Å². The number of rotatable bonds is 8. The maximum absolute atomic E-state index is 12.1. The van der Waals surface area contributed by atoms with Crippen LogP contribution in [0.4, 0.5) is 13.2 Å². The number of benzene rings is 1. The number of hydrogen-bond acceptors (Lipinski definition) is 3. The summed E-state index contributed by atoms with van der Waals surface area (Å²) >= 11 is 0. The molecule has 5 nitrogen and oxygen atoms in total. The van der Waals surface area contributed by atoms with Gasteiger partial charge in [0.15, 0.2) is 12.6 Å². The van der Waals surface area contributed by atoms with Crippen molar-refractivity contribution in [2.45, 2.75) is 45.0 Å². The maximum atomic E-state index is 12.1. The lowest BCUT2D eigenvalue weighted by molar-refractivity contribution is -0.153. The topological polar surface area (TPSA) is 54.9 Å². The standard InChI is InChI=1S/C18H26F3N3O2/c1-2-22-17(23-10-9-15-4-3-11-25-15)24-12-14-5-7-16(8-6-14)26-13-18(19,20)21/h5-8,15H,2-4,9-13H2,1H3,(H2,22,23,24). The highest BCUT2D eigenvalue weighted by molar-refractivity contribution is 5.79. The number of nitrogens with one attached hydrogen (secondary N) is 2. The number of guanidine groups is 1. The van der Waals surface area contributed by atoms with Crippen LogP contribution in [0.3, 0.4) is 0 Å². The molecule has 0 radical (unpaired) electrons. The molecule has 0 bridgehead atoms. The lowest BCUT2D eigenvalue weighted by atomic mass is 10.2. The molecule has 1 unspecified atom stereocenters. The van der Waals surface area contributed by atoms with Gasteiger partial charge in [-0.25, -0.2) is 4.99 Å². The Kier molecular flexibility index (Phi) is 8.03. The van der Waals surface area contributed by atoms with Gasteiger partial charge in [0.25, 0.3) is 0 Å². The highest BCUT2D eigenvalue weighted by Gasteiger charge is 2.28. The lowest BCUT2D eigenvalue weighted by Gasteiger charge is -2.14. The Bertz CT molecular complexity index is 556. The molecule has 1 heterocycles. The quantitative estimate of drug-likeness (QED) is 0.543. The monoisotopic (exact) mass is 373 g/mol. The molecule has 0 spiro atoms. The molecule has 26 heavy (non-hydrogen) atoms. The van der Waals surface area contributed by atoms with E-state index in [9.17, 15) is 13.2 Å². The second-order valence-corrected chi connectivity index (χ2v) is 6.09. The van der Waals surface area contributed by atoms with Crippen LogP contribution in [0.15, 0.2) is 29.3 Å². The predicted molar refractivity (Wildman–Crippen MR) is 94.4 cm³/mol. The van der Waals surface area contributed by atoms with E-state index in [0.717, 1.165) is 44.5 Å². The Morgan fingerprint density at radius 1 is 1.27 bits per heavy atom. The van der Waals surface area contributed by atoms with Gasteiger partial charge in [0, 0.05) is 19.7 Å². The number of halogens is 3. The first kappa shape index (κ1) is 20.4. The summed E-state index contributed by atoms with van der Waals surface area (Å²) in [5.41, 5.74) is 0.890. The molecule has 8 heteroatoms. The van der Waals surface area contributed by atoms with Crippen LogP contribution in [0.25, 0.3) is 0 Å². The molecule has 2 rings (SSSR count). The maximum Gasteiger partial charge on any atom is 0.422 e. The van der Waals surface area contributed by atoms with E-state index in [1.54, 1.807) is 12.1 Å². The third-order valence-corrected chi connectivity index (χ3v) is 3.87. The zero-order valence-electron chi connectivity index (χ0n) is 14.9. The van der Waals surface area contributed by atoms with Crippen LogP contribution < -0.4 is 15.4 Å². The van der Waals surface area contributed by atoms with Crippen LogP contribution in [-0.2, 0) is 11.3 Å². The number of hydrogen-bond donors (Lipinski definition) is 2. The van der Waals surface area contributed by atoms with Gasteiger partial charge in [-0.15, -0.1) is 0 Å². The van der Waals surface area contributed by atoms with Gasteiger partial charge in [0.1, 0.15) is 5.75 Å². The first-order valence-electron chi connectivity index (χ1n) is 8.88. The van der Waals surface area contributed by atoms with Crippen LogP contribution in [0.5, 0.6) is 5.75 Å². The molecule has 146 valence electrons. The molecule has 1 aromatic rings. The van der Waals surface area contributed by atoms with E-state index < -0.39 is 12.8 Å². The Balaban J connectivity index is 1.79. The molecule has 0 amide bonds. The minimum atomic E-state index is -4.33. The molecule has 1 saturated heterocycles. The minimum Gasteiger partial charge on any atom is -0.484 e. The first-order valence-corrected chi connectivity index (χ1v) is 8.88. The minimum absolute atomic E-state index is 0.191. The van der Waals surface area contributed by atoms with Gasteiger partial charge in [0.05, 0.1) is 12.6 Å². The van der Waals surface area contributed by atoms with E-state index in [1.165, 1.54) is 12.1 Å². The van der Waals surface area contributed by atoms with Crippen molar-refractivity contribution in [3.63, 3.8) is 0 Å². The number of ether oxygens (including phenoxy) is 2. The van der Waals surface area contributed by atoms with Gasteiger partial charge in [0.2, 0.25) is 0 Å². The molecular formula is C18H26F3N3O2. The summed E-state index contributed by atoms with van der Waals surface area (Å²) in [5, 5.41) is 6.45. The van der Waals surface area contributed by atoms with Gasteiger partial charge in [-0.2, -0.15) is 13.2 Å². The molecule has 2 N–H and O–H groups in total. The largest absolute Gasteiger partial charge is 0.484 e. The highest BCUT2D eigenvalue weighted by atomic mass is 19.4. The molecule has 1 aliphatic rings. The van der Waals surface area contributed by atoms with Crippen molar-refractivity contribution in [1.82, 2.24) is 10.6 Å². The molecule has 0 aliphatic carbocycles. The molecular weight excluding hydrogens is 347 g/mol. The van der Waals surface area contributed by atoms with Crippen LogP contribution in [-0.4, -0.2) is 44.5 Å². The van der Waals surface area contributed by atoms with Gasteiger partial charge in [-0.3, -0.25) is 0 Å². The molecule has 1 atom stereocenters. The van der Waals surface area contributed by atoms with Crippen molar-refractivity contribution < 1.29 is 22.6 Å². The zero-order valence-corrected chi connectivity index (χ0v) is 14.9. The fourth-order valence-corrected chi connectivity index (χ4v) is 2.59. The van der Waals surface area contributed by atoms with Crippen molar-refractivity contribution in [3.8, 4) is 5.75 Å². The molecule has 1 fully saturated rings. The summed E-state index contributed by atoms with van der Waals surface area (Å²) in [6, 6.07) is 6.47. The number of nitrogens with zero attached hydrogens (tertiary/aromatic N) is 1. The van der Waals surface area contributed by atoms with Crippen molar-refractivity contribution in [3.05, 3.63) is 29.8 Å². The summed E-state index contributed by atoms with van der Waals surface area (Å²) < 4.78 is 46.7. The summed E-state index contributed by atoms with van der Waals surface area (Å²) in [5.74, 6) is 0.902. The van der Waals surface area contributed by atoms with Gasteiger partial charge in [-0.1, -0.05) is 12.1 Å². The normalized spacial score (nSPS) is 18.0. The summed E-state index contributed by atoms with van der Waals surface area (Å²) in [6.45, 7) is 3.50. The molecule has 1 aromatic carbocycles. The number of alkyl halides is 3. The van der Waals surface area contributed by atoms with E-state index >= 15 is 0 Å². The summed E-state index contributed by atoms with van der Waals surface area (Å²) in [4.78, 5) is 4.50. The van der Waals surface area contributed by atoms with E-state index in [1.807, 2.05) is 6.92 Å². The second-order valence-electron chi connectivity index (χ2n) is 6.09. The third-order valence-electron chi connectivity index (χ3n) is 3.87. The average Bonchev–Trinajstić information content (AvgIpc) is 3.11. The zero-order chi connectivity index (χ0) is 18.8. The molecule has 1 aliphatic heterocycles. The fraction of sp³-hybridized carbons (Fsp3) is 0.611. The van der Waals surface area contributed by atoms with Crippen molar-refractivity contribution in [2.24, 2.45) is 4.99 Å². The summed E-state index contributed by atoms with van der Waals surface area (Å²) in [7, 11) is 0. The first-order chi connectivity index (χ1) is 12.5. The molecule has 0 aromatic heterocycles. The lowest BCUT2D eigenvalue weighted by Crippen LogP contribution is -2.38. The van der Waals surface area contributed by atoms with E-state index in [-0.39, 0.29) is 5.75 Å². The summed E-state index contributed by atoms with van der Waals surface area (Å²) in [6.07, 6.45) is -0.830. The van der Waals surface area contributed by atoms with Crippen LogP contribution in [0, 0.1) is 0 Å².